The summed E-state index contributed by atoms with van der Waals surface area (Å²) in [5.41, 5.74) is 11.4. The van der Waals surface area contributed by atoms with Crippen molar-refractivity contribution in [1.29, 1.82) is 15.8 Å². The van der Waals surface area contributed by atoms with Crippen LogP contribution in [0.15, 0.2) is 103 Å². The second-order valence-electron chi connectivity index (χ2n) is 10.4. The number of nitrogens with one attached hydrogen (secondary N) is 3. The lowest BCUT2D eigenvalue weighted by Crippen LogP contribution is -1.89. The molecule has 0 amide bonds. The quantitative estimate of drug-likeness (QED) is 0.162. The Morgan fingerprint density at radius 3 is 1.68 bits per heavy atom. The average molecular weight is 656 g/mol. The third-order valence-corrected chi connectivity index (χ3v) is 7.53. The third kappa shape index (κ3) is 6.64. The van der Waals surface area contributed by atoms with Crippen LogP contribution in [0, 0.1) is 34.0 Å². The SMILES string of the molecule is COc1ccc(-c2n[nH]nc2C#N)c2ccccc12.N#Cc1n[nH]nc1-c1ccc(N)cc1.N#Cc1n[nH]nc1-c1ccc2ccccc2c1. The van der Waals surface area contributed by atoms with Gasteiger partial charge in [-0.05, 0) is 46.5 Å². The Morgan fingerprint density at radius 1 is 0.540 bits per heavy atom. The first-order valence-electron chi connectivity index (χ1n) is 14.9. The van der Waals surface area contributed by atoms with Crippen molar-refractivity contribution in [3.63, 3.8) is 0 Å². The highest BCUT2D eigenvalue weighted by molar-refractivity contribution is 6.00. The van der Waals surface area contributed by atoms with Gasteiger partial charge in [-0.15, -0.1) is 15.3 Å². The molecule has 0 saturated carbocycles. The van der Waals surface area contributed by atoms with Crippen LogP contribution in [0.2, 0.25) is 0 Å². The van der Waals surface area contributed by atoms with E-state index in [-0.39, 0.29) is 11.4 Å². The molecule has 0 saturated heterocycles. The van der Waals surface area contributed by atoms with E-state index in [9.17, 15) is 0 Å². The van der Waals surface area contributed by atoms with Crippen molar-refractivity contribution in [1.82, 2.24) is 46.2 Å². The van der Waals surface area contributed by atoms with Crippen molar-refractivity contribution in [3.05, 3.63) is 120 Å². The number of nitrogens with two attached hydrogens (primary N) is 1. The van der Waals surface area contributed by atoms with Crippen molar-refractivity contribution in [2.24, 2.45) is 0 Å². The van der Waals surface area contributed by atoms with Gasteiger partial charge in [0.05, 0.1) is 7.11 Å². The maximum absolute atomic E-state index is 9.04. The highest BCUT2D eigenvalue weighted by Crippen LogP contribution is 2.34. The van der Waals surface area contributed by atoms with Crippen LogP contribution in [0.1, 0.15) is 17.1 Å². The van der Waals surface area contributed by atoms with Gasteiger partial charge in [-0.25, -0.2) is 0 Å². The minimum absolute atomic E-state index is 0.287. The molecular formula is C36H25N13O. The standard InChI is InChI=1S/C14H10N4O.C13H8N4.C9H7N5/c1-19-13-7-6-11(9-4-2-3-5-10(9)13)14-12(8-15)16-18-17-14;14-8-12-13(16-17-15-12)11-6-5-9-3-1-2-4-10(9)7-11;10-5-8-9(13-14-12-8)6-1-3-7(11)4-2-6/h2-7H,1H3,(H,16,17,18);1-7H,(H,15,16,17);1-4H,11H2,(H,12,13,14). The number of aromatic nitrogens is 9. The van der Waals surface area contributed by atoms with Crippen LogP contribution in [0.4, 0.5) is 5.69 Å². The molecule has 0 spiro atoms. The third-order valence-electron chi connectivity index (χ3n) is 7.53. The molecule has 0 unspecified atom stereocenters. The first-order chi connectivity index (χ1) is 24.5. The number of aromatic amines is 3. The molecule has 14 nitrogen and oxygen atoms in total. The number of anilines is 1. The van der Waals surface area contributed by atoms with E-state index in [0.29, 0.717) is 28.5 Å². The van der Waals surface area contributed by atoms with E-state index in [4.69, 9.17) is 26.3 Å². The summed E-state index contributed by atoms with van der Waals surface area (Å²) in [6.45, 7) is 0. The summed E-state index contributed by atoms with van der Waals surface area (Å²) in [4.78, 5) is 0. The van der Waals surface area contributed by atoms with Gasteiger partial charge in [0.2, 0.25) is 0 Å². The topological polar surface area (TPSA) is 231 Å². The molecule has 0 radical (unpaired) electrons. The molecule has 5 aromatic carbocycles. The summed E-state index contributed by atoms with van der Waals surface area (Å²) in [6, 6.07) is 38.7. The largest absolute Gasteiger partial charge is 0.496 e. The molecule has 0 bridgehead atoms. The van der Waals surface area contributed by atoms with Crippen LogP contribution in [0.25, 0.3) is 55.3 Å². The lowest BCUT2D eigenvalue weighted by molar-refractivity contribution is 0.420. The Labute approximate surface area is 284 Å². The van der Waals surface area contributed by atoms with Gasteiger partial charge in [-0.1, -0.05) is 72.8 Å². The molecule has 0 fully saturated rings. The lowest BCUT2D eigenvalue weighted by atomic mass is 10.0. The molecule has 240 valence electrons. The molecule has 3 aromatic heterocycles. The summed E-state index contributed by atoms with van der Waals surface area (Å²) in [5, 5.41) is 61.6. The van der Waals surface area contributed by atoms with Gasteiger partial charge in [0, 0.05) is 27.8 Å². The van der Waals surface area contributed by atoms with Gasteiger partial charge >= 0.3 is 0 Å². The number of hydrogen-bond donors (Lipinski definition) is 4. The summed E-state index contributed by atoms with van der Waals surface area (Å²) in [5.74, 6) is 0.793. The number of hydrogen-bond acceptors (Lipinski definition) is 11. The maximum Gasteiger partial charge on any atom is 0.190 e. The molecule has 8 aromatic rings. The van der Waals surface area contributed by atoms with E-state index in [0.717, 1.165) is 38.6 Å². The van der Waals surface area contributed by atoms with Crippen LogP contribution in [0.5, 0.6) is 5.75 Å². The molecule has 50 heavy (non-hydrogen) atoms. The van der Waals surface area contributed by atoms with Crippen LogP contribution < -0.4 is 10.5 Å². The Bertz CT molecular complexity index is 2540. The predicted molar refractivity (Wildman–Crippen MR) is 186 cm³/mol. The van der Waals surface area contributed by atoms with Crippen LogP contribution in [-0.2, 0) is 0 Å². The molecule has 0 aliphatic carbocycles. The molecule has 0 atom stereocenters. The van der Waals surface area contributed by atoms with Crippen molar-refractivity contribution in [3.8, 4) is 57.7 Å². The van der Waals surface area contributed by atoms with E-state index in [2.05, 4.69) is 46.2 Å². The molecule has 5 N–H and O–H groups in total. The summed E-state index contributed by atoms with van der Waals surface area (Å²) >= 11 is 0. The number of nitrogen functional groups attached to an aromatic ring is 1. The second-order valence-corrected chi connectivity index (χ2v) is 10.4. The molecule has 14 heteroatoms. The van der Waals surface area contributed by atoms with Crippen molar-refractivity contribution in [2.45, 2.75) is 0 Å². The Hall–Kier alpha value is -7.89. The molecule has 0 aliphatic heterocycles. The number of methoxy groups -OCH3 is 1. The summed E-state index contributed by atoms with van der Waals surface area (Å²) < 4.78 is 5.35. The molecule has 0 aliphatic rings. The zero-order valence-electron chi connectivity index (χ0n) is 26.3. The smallest absolute Gasteiger partial charge is 0.190 e. The monoisotopic (exact) mass is 655 g/mol. The highest BCUT2D eigenvalue weighted by atomic mass is 16.5. The van der Waals surface area contributed by atoms with Crippen molar-refractivity contribution in [2.75, 3.05) is 12.8 Å². The Balaban J connectivity index is 0.000000131. The van der Waals surface area contributed by atoms with E-state index in [1.165, 1.54) is 5.39 Å². The number of H-pyrrole nitrogens is 3. The molecular weight excluding hydrogens is 630 g/mol. The fraction of sp³-hybridized carbons (Fsp3) is 0.0278. The highest BCUT2D eigenvalue weighted by Gasteiger charge is 2.15. The van der Waals surface area contributed by atoms with Gasteiger partial charge in [-0.3, -0.25) is 0 Å². The number of ether oxygens (including phenoxy) is 1. The van der Waals surface area contributed by atoms with E-state index in [1.807, 2.05) is 97.1 Å². The van der Waals surface area contributed by atoms with Crippen molar-refractivity contribution >= 4 is 27.2 Å². The Morgan fingerprint density at radius 2 is 1.06 bits per heavy atom. The average Bonchev–Trinajstić information content (AvgIpc) is 3.96. The summed E-state index contributed by atoms with van der Waals surface area (Å²) in [7, 11) is 1.64. The number of fused-ring (bicyclic) bond motifs is 2. The first-order valence-corrected chi connectivity index (χ1v) is 14.9. The van der Waals surface area contributed by atoms with E-state index in [1.54, 1.807) is 31.4 Å². The first kappa shape index (κ1) is 32.1. The van der Waals surface area contributed by atoms with Gasteiger partial charge in [0.25, 0.3) is 0 Å². The second kappa shape index (κ2) is 14.7. The van der Waals surface area contributed by atoms with Gasteiger partial charge < -0.3 is 10.5 Å². The zero-order chi connectivity index (χ0) is 34.9. The van der Waals surface area contributed by atoms with Crippen LogP contribution >= 0.6 is 0 Å². The number of nitriles is 3. The minimum Gasteiger partial charge on any atom is -0.496 e. The van der Waals surface area contributed by atoms with Gasteiger partial charge in [-0.2, -0.15) is 46.7 Å². The van der Waals surface area contributed by atoms with Crippen molar-refractivity contribution < 1.29 is 4.74 Å². The van der Waals surface area contributed by atoms with Gasteiger partial charge in [0.15, 0.2) is 17.1 Å². The lowest BCUT2D eigenvalue weighted by Gasteiger charge is -2.08. The number of rotatable bonds is 4. The fourth-order valence-corrected chi connectivity index (χ4v) is 5.15. The summed E-state index contributed by atoms with van der Waals surface area (Å²) in [6.07, 6.45) is 0. The predicted octanol–water partition coefficient (Wildman–Crippen LogP) is 5.93. The van der Waals surface area contributed by atoms with E-state index < -0.39 is 0 Å². The minimum atomic E-state index is 0.287. The molecule has 3 heterocycles. The fourth-order valence-electron chi connectivity index (χ4n) is 5.15. The van der Waals surface area contributed by atoms with Crippen LogP contribution in [-0.4, -0.2) is 53.3 Å². The molecule has 8 rings (SSSR count). The Kier molecular flexibility index (Phi) is 9.42. The van der Waals surface area contributed by atoms with Crippen LogP contribution in [0.3, 0.4) is 0 Å². The van der Waals surface area contributed by atoms with E-state index >= 15 is 0 Å². The zero-order valence-corrected chi connectivity index (χ0v) is 26.3. The maximum atomic E-state index is 9.04. The number of nitrogens with zero attached hydrogens (tertiary/aromatic N) is 9. The number of benzene rings is 5. The normalized spacial score (nSPS) is 10.1. The van der Waals surface area contributed by atoms with Gasteiger partial charge in [0.1, 0.15) is 41.0 Å².